The fourth-order valence-electron chi connectivity index (χ4n) is 1.98. The van der Waals surface area contributed by atoms with Crippen molar-refractivity contribution in [3.05, 3.63) is 52.3 Å². The largest absolute Gasteiger partial charge is 0.324 e. The number of benzene rings is 1. The van der Waals surface area contributed by atoms with Crippen LogP contribution in [0.4, 0.5) is 5.69 Å². The van der Waals surface area contributed by atoms with Crippen LogP contribution in [0.1, 0.15) is 5.69 Å². The molecular weight excluding hydrogens is 347 g/mol. The Kier molecular flexibility index (Phi) is 3.94. The van der Waals surface area contributed by atoms with E-state index in [9.17, 15) is 8.42 Å². The minimum Gasteiger partial charge on any atom is -0.324 e. The Balaban J connectivity index is 1.95. The zero-order valence-electron chi connectivity index (χ0n) is 11.0. The van der Waals surface area contributed by atoms with Crippen LogP contribution in [0.5, 0.6) is 0 Å². The lowest BCUT2D eigenvalue weighted by Crippen LogP contribution is -2.41. The molecule has 0 unspecified atom stereocenters. The van der Waals surface area contributed by atoms with E-state index >= 15 is 0 Å². The Morgan fingerprint density at radius 1 is 1.23 bits per heavy atom. The molecule has 1 aliphatic rings. The molecular formula is C13H10Cl2N4O2S. The van der Waals surface area contributed by atoms with Crippen molar-refractivity contribution >= 4 is 44.9 Å². The molecule has 0 aliphatic carbocycles. The van der Waals surface area contributed by atoms with Gasteiger partial charge < -0.3 is 5.32 Å². The number of nitrogens with one attached hydrogen (secondary N) is 2. The highest BCUT2D eigenvalue weighted by Crippen LogP contribution is 2.34. The van der Waals surface area contributed by atoms with Crippen LogP contribution in [0.2, 0.25) is 10.0 Å². The Labute approximate surface area is 137 Å². The minimum absolute atomic E-state index is 0.0460. The fraction of sp³-hybridized carbons (Fsp3) is 0.0769. The van der Waals surface area contributed by atoms with E-state index in [1.165, 1.54) is 12.1 Å². The molecule has 0 atom stereocenters. The molecule has 9 heteroatoms. The summed E-state index contributed by atoms with van der Waals surface area (Å²) in [6.07, 6.45) is 1.64. The summed E-state index contributed by atoms with van der Waals surface area (Å²) < 4.78 is 26.8. The summed E-state index contributed by atoms with van der Waals surface area (Å²) >= 11 is 11.9. The van der Waals surface area contributed by atoms with Crippen LogP contribution in [0.3, 0.4) is 0 Å². The molecule has 2 N–H and O–H groups in total. The summed E-state index contributed by atoms with van der Waals surface area (Å²) in [5, 5.41) is 3.25. The van der Waals surface area contributed by atoms with Crippen molar-refractivity contribution in [1.82, 2.24) is 9.71 Å². The SMILES string of the molecule is O=S1(=O)NC(=NCc2ccccn2)Nc2cc(Cl)cc(Cl)c21. The van der Waals surface area contributed by atoms with Gasteiger partial charge in [0.25, 0.3) is 10.0 Å². The van der Waals surface area contributed by atoms with E-state index < -0.39 is 10.0 Å². The van der Waals surface area contributed by atoms with Gasteiger partial charge in [0.2, 0.25) is 5.96 Å². The monoisotopic (exact) mass is 356 g/mol. The predicted molar refractivity (Wildman–Crippen MR) is 85.8 cm³/mol. The second-order valence-corrected chi connectivity index (χ2v) is 6.94. The number of rotatable bonds is 2. The van der Waals surface area contributed by atoms with Crippen molar-refractivity contribution in [1.29, 1.82) is 0 Å². The van der Waals surface area contributed by atoms with Crippen molar-refractivity contribution in [2.45, 2.75) is 11.4 Å². The lowest BCUT2D eigenvalue weighted by Gasteiger charge is -2.22. The number of nitrogens with zero attached hydrogens (tertiary/aromatic N) is 2. The number of anilines is 1. The van der Waals surface area contributed by atoms with Crippen molar-refractivity contribution in [3.63, 3.8) is 0 Å². The summed E-state index contributed by atoms with van der Waals surface area (Å²) in [6.45, 7) is 0.231. The molecule has 2 aromatic rings. The number of aliphatic imine (C=N–C) groups is 1. The summed E-state index contributed by atoms with van der Waals surface area (Å²) in [5.41, 5.74) is 1.00. The van der Waals surface area contributed by atoms with Crippen LogP contribution in [0.15, 0.2) is 46.4 Å². The highest BCUT2D eigenvalue weighted by Gasteiger charge is 2.29. The summed E-state index contributed by atoms with van der Waals surface area (Å²) in [4.78, 5) is 8.25. The maximum atomic E-state index is 12.3. The van der Waals surface area contributed by atoms with E-state index in [4.69, 9.17) is 23.2 Å². The first-order valence-electron chi connectivity index (χ1n) is 6.19. The standard InChI is InChI=1S/C13H10Cl2N4O2S/c14-8-5-10(15)12-11(6-8)18-13(19-22(12,20)21)17-7-9-3-1-2-4-16-9/h1-6H,7H2,(H2,17,18,19). The lowest BCUT2D eigenvalue weighted by atomic mass is 10.3. The lowest BCUT2D eigenvalue weighted by molar-refractivity contribution is 0.591. The van der Waals surface area contributed by atoms with E-state index in [1.54, 1.807) is 18.3 Å². The normalized spacial score (nSPS) is 17.5. The van der Waals surface area contributed by atoms with Crippen LogP contribution in [0.25, 0.3) is 0 Å². The number of guanidine groups is 1. The third kappa shape index (κ3) is 3.01. The van der Waals surface area contributed by atoms with E-state index in [0.29, 0.717) is 10.7 Å². The van der Waals surface area contributed by atoms with E-state index in [2.05, 4.69) is 20.0 Å². The Bertz CT molecular complexity index is 854. The van der Waals surface area contributed by atoms with Gasteiger partial charge in [-0.05, 0) is 24.3 Å². The quantitative estimate of drug-likeness (QED) is 0.866. The average Bonchev–Trinajstić information content (AvgIpc) is 2.44. The molecule has 114 valence electrons. The summed E-state index contributed by atoms with van der Waals surface area (Å²) in [7, 11) is -3.80. The van der Waals surface area contributed by atoms with Crippen molar-refractivity contribution < 1.29 is 8.42 Å². The second-order valence-electron chi connectivity index (χ2n) is 4.48. The van der Waals surface area contributed by atoms with Gasteiger partial charge in [-0.25, -0.2) is 18.1 Å². The summed E-state index contributed by atoms with van der Waals surface area (Å²) in [5.74, 6) is 0.0940. The number of pyridine rings is 1. The number of sulfonamides is 1. The molecule has 0 amide bonds. The fourth-order valence-corrected chi connectivity index (χ4v) is 3.97. The average molecular weight is 357 g/mol. The van der Waals surface area contributed by atoms with Crippen LogP contribution >= 0.6 is 23.2 Å². The van der Waals surface area contributed by atoms with E-state index in [-0.39, 0.29) is 28.1 Å². The molecule has 0 spiro atoms. The zero-order valence-corrected chi connectivity index (χ0v) is 13.4. The molecule has 0 bridgehead atoms. The minimum atomic E-state index is -3.80. The van der Waals surface area contributed by atoms with Crippen LogP contribution in [-0.2, 0) is 16.6 Å². The van der Waals surface area contributed by atoms with Gasteiger partial charge in [0.05, 0.1) is 22.9 Å². The van der Waals surface area contributed by atoms with Gasteiger partial charge in [-0.3, -0.25) is 4.98 Å². The van der Waals surface area contributed by atoms with Crippen LogP contribution < -0.4 is 10.0 Å². The molecule has 0 saturated carbocycles. The topological polar surface area (TPSA) is 83.5 Å². The van der Waals surface area contributed by atoms with Gasteiger partial charge >= 0.3 is 0 Å². The van der Waals surface area contributed by atoms with Crippen molar-refractivity contribution in [2.24, 2.45) is 4.99 Å². The second kappa shape index (κ2) is 5.75. The van der Waals surface area contributed by atoms with Crippen molar-refractivity contribution in [2.75, 3.05) is 5.32 Å². The molecule has 1 aromatic carbocycles. The molecule has 0 fully saturated rings. The smallest absolute Gasteiger partial charge is 0.267 e. The summed E-state index contributed by atoms with van der Waals surface area (Å²) in [6, 6.07) is 8.27. The molecule has 22 heavy (non-hydrogen) atoms. The highest BCUT2D eigenvalue weighted by atomic mass is 35.5. The molecule has 0 saturated heterocycles. The van der Waals surface area contributed by atoms with Gasteiger partial charge in [0.1, 0.15) is 4.90 Å². The number of hydrogen-bond acceptors (Lipinski definition) is 4. The molecule has 0 radical (unpaired) electrons. The molecule has 6 nitrogen and oxygen atoms in total. The van der Waals surface area contributed by atoms with Crippen molar-refractivity contribution in [3.8, 4) is 0 Å². The Morgan fingerprint density at radius 2 is 2.05 bits per heavy atom. The van der Waals surface area contributed by atoms with Gasteiger partial charge in [-0.15, -0.1) is 0 Å². The van der Waals surface area contributed by atoms with E-state index in [1.807, 2.05) is 6.07 Å². The maximum Gasteiger partial charge on any atom is 0.267 e. The van der Waals surface area contributed by atoms with Crippen LogP contribution in [0, 0.1) is 0 Å². The number of hydrogen-bond donors (Lipinski definition) is 2. The van der Waals surface area contributed by atoms with Gasteiger partial charge in [0, 0.05) is 11.2 Å². The van der Waals surface area contributed by atoms with Crippen LogP contribution in [-0.4, -0.2) is 19.4 Å². The number of aromatic nitrogens is 1. The maximum absolute atomic E-state index is 12.3. The first-order valence-corrected chi connectivity index (χ1v) is 8.43. The third-order valence-electron chi connectivity index (χ3n) is 2.89. The molecule has 1 aliphatic heterocycles. The first-order chi connectivity index (χ1) is 10.5. The van der Waals surface area contributed by atoms with Gasteiger partial charge in [0.15, 0.2) is 0 Å². The number of fused-ring (bicyclic) bond motifs is 1. The molecule has 1 aromatic heterocycles. The van der Waals surface area contributed by atoms with Gasteiger partial charge in [-0.2, -0.15) is 0 Å². The molecule has 2 heterocycles. The molecule has 3 rings (SSSR count). The van der Waals surface area contributed by atoms with E-state index in [0.717, 1.165) is 0 Å². The predicted octanol–water partition coefficient (Wildman–Crippen LogP) is 2.65. The number of halogens is 2. The Morgan fingerprint density at radius 3 is 2.77 bits per heavy atom. The zero-order chi connectivity index (χ0) is 15.7. The van der Waals surface area contributed by atoms with Gasteiger partial charge in [-0.1, -0.05) is 29.3 Å². The first kappa shape index (κ1) is 15.1. The highest BCUT2D eigenvalue weighted by molar-refractivity contribution is 7.90. The third-order valence-corrected chi connectivity index (χ3v) is 4.95. The Hall–Kier alpha value is -1.83.